The second kappa shape index (κ2) is 7.64. The number of amides is 1. The van der Waals surface area contributed by atoms with Gasteiger partial charge in [0, 0.05) is 27.6 Å². The molecule has 2 unspecified atom stereocenters. The van der Waals surface area contributed by atoms with Crippen molar-refractivity contribution < 1.29 is 14.4 Å². The Balaban J connectivity index is 1.58. The van der Waals surface area contributed by atoms with Crippen LogP contribution in [0.1, 0.15) is 50.4 Å². The maximum atomic E-state index is 13.5. The van der Waals surface area contributed by atoms with E-state index in [9.17, 15) is 9.59 Å². The lowest BCUT2D eigenvalue weighted by atomic mass is 9.64. The van der Waals surface area contributed by atoms with E-state index in [0.29, 0.717) is 27.7 Å². The molecule has 162 valence electrons. The third-order valence-corrected chi connectivity index (χ3v) is 8.06. The lowest BCUT2D eigenvalue weighted by Crippen LogP contribution is -2.43. The number of rotatable bonds is 4. The number of halogens is 2. The Morgan fingerprint density at radius 3 is 2.39 bits per heavy atom. The number of hydrogen-bond donors (Lipinski definition) is 1. The van der Waals surface area contributed by atoms with Crippen molar-refractivity contribution in [3.05, 3.63) is 64.1 Å². The third kappa shape index (κ3) is 3.44. The van der Waals surface area contributed by atoms with E-state index < -0.39 is 11.4 Å². The third-order valence-electron chi connectivity index (χ3n) is 7.57. The normalized spacial score (nSPS) is 27.3. The number of anilines is 1. The van der Waals surface area contributed by atoms with Crippen molar-refractivity contribution in [2.24, 2.45) is 21.4 Å². The van der Waals surface area contributed by atoms with Crippen LogP contribution in [0.2, 0.25) is 10.0 Å². The van der Waals surface area contributed by atoms with Crippen LogP contribution in [-0.4, -0.2) is 17.6 Å². The fraction of sp³-hybridized carbons (Fsp3) is 0.375. The number of benzene rings is 2. The zero-order valence-electron chi connectivity index (χ0n) is 17.7. The van der Waals surface area contributed by atoms with Crippen molar-refractivity contribution in [1.29, 1.82) is 0 Å². The van der Waals surface area contributed by atoms with E-state index in [-0.39, 0.29) is 16.7 Å². The first-order chi connectivity index (χ1) is 14.6. The summed E-state index contributed by atoms with van der Waals surface area (Å²) >= 11 is 11.9. The van der Waals surface area contributed by atoms with Crippen molar-refractivity contribution >= 4 is 46.5 Å². The first kappa shape index (κ1) is 21.8. The van der Waals surface area contributed by atoms with Gasteiger partial charge in [0.05, 0.1) is 16.7 Å². The Morgan fingerprint density at radius 1 is 1.00 bits per heavy atom. The van der Waals surface area contributed by atoms with E-state index >= 15 is 0 Å². The van der Waals surface area contributed by atoms with Crippen molar-refractivity contribution in [3.63, 3.8) is 0 Å². The van der Waals surface area contributed by atoms with Gasteiger partial charge in [-0.25, -0.2) is 4.79 Å². The quantitative estimate of drug-likeness (QED) is 0.427. The standard InChI is InChI=1S/C24H24Cl2N2O3/c1-22(2)23(3)11-12-24(22,21(30)27-18-6-4-5-17(26)13-18)14-19(23)28-31-20(29)15-7-9-16(25)10-8-15/h4-10,13H,11-12,14H2,1-3H3,(H,27,30)/b28-19+. The predicted octanol–water partition coefficient (Wildman–Crippen LogP) is 6.36. The van der Waals surface area contributed by atoms with Gasteiger partial charge in [0.15, 0.2) is 0 Å². The molecular weight excluding hydrogens is 435 g/mol. The van der Waals surface area contributed by atoms with Gasteiger partial charge < -0.3 is 10.2 Å². The minimum Gasteiger partial charge on any atom is -0.326 e. The Bertz CT molecular complexity index is 1080. The van der Waals surface area contributed by atoms with Crippen LogP contribution in [0.5, 0.6) is 0 Å². The van der Waals surface area contributed by atoms with Crippen LogP contribution < -0.4 is 5.32 Å². The van der Waals surface area contributed by atoms with Crippen LogP contribution in [0.25, 0.3) is 0 Å². The topological polar surface area (TPSA) is 67.8 Å². The molecule has 2 saturated carbocycles. The number of carbonyl (C=O) groups excluding carboxylic acids is 2. The number of nitrogens with one attached hydrogen (secondary N) is 1. The van der Waals surface area contributed by atoms with Crippen molar-refractivity contribution in [2.75, 3.05) is 5.32 Å². The van der Waals surface area contributed by atoms with E-state index in [2.05, 4.69) is 31.2 Å². The van der Waals surface area contributed by atoms with E-state index in [1.165, 1.54) is 0 Å². The Kier molecular flexibility index (Phi) is 5.39. The van der Waals surface area contributed by atoms with Crippen molar-refractivity contribution in [2.45, 2.75) is 40.0 Å². The molecule has 1 N–H and O–H groups in total. The molecule has 4 rings (SSSR count). The van der Waals surface area contributed by atoms with Crippen LogP contribution in [0.4, 0.5) is 5.69 Å². The van der Waals surface area contributed by atoms with Crippen molar-refractivity contribution in [1.82, 2.24) is 0 Å². The molecule has 0 aromatic heterocycles. The summed E-state index contributed by atoms with van der Waals surface area (Å²) in [7, 11) is 0. The van der Waals surface area contributed by atoms with Gasteiger partial charge in [-0.1, -0.05) is 55.2 Å². The lowest BCUT2D eigenvalue weighted by Gasteiger charge is -2.39. The fourth-order valence-corrected chi connectivity index (χ4v) is 5.39. The molecule has 2 bridgehead atoms. The maximum absolute atomic E-state index is 13.5. The van der Waals surface area contributed by atoms with Gasteiger partial charge in [-0.2, -0.15) is 0 Å². The van der Waals surface area contributed by atoms with Gasteiger partial charge in [0.2, 0.25) is 5.91 Å². The highest BCUT2D eigenvalue weighted by Gasteiger charge is 2.71. The molecule has 31 heavy (non-hydrogen) atoms. The molecule has 2 atom stereocenters. The first-order valence-electron chi connectivity index (χ1n) is 10.2. The SMILES string of the molecule is CC12CCC(C(=O)Nc3cccc(Cl)c3)(C/C1=N\OC(=O)c1ccc(Cl)cc1)C2(C)C. The second-order valence-corrected chi connectivity index (χ2v) is 9.98. The largest absolute Gasteiger partial charge is 0.365 e. The molecule has 0 spiro atoms. The van der Waals surface area contributed by atoms with E-state index in [4.69, 9.17) is 28.0 Å². The van der Waals surface area contributed by atoms with E-state index in [0.717, 1.165) is 18.6 Å². The molecule has 0 radical (unpaired) electrons. The molecule has 2 aliphatic rings. The highest BCUT2D eigenvalue weighted by Crippen LogP contribution is 2.71. The molecule has 0 heterocycles. The molecule has 0 aliphatic heterocycles. The Hall–Kier alpha value is -2.37. The summed E-state index contributed by atoms with van der Waals surface area (Å²) in [6.45, 7) is 6.30. The lowest BCUT2D eigenvalue weighted by molar-refractivity contribution is -0.130. The summed E-state index contributed by atoms with van der Waals surface area (Å²) in [5, 5.41) is 8.39. The number of nitrogens with zero attached hydrogens (tertiary/aromatic N) is 1. The van der Waals surface area contributed by atoms with Gasteiger partial charge >= 0.3 is 5.97 Å². The minimum absolute atomic E-state index is 0.0577. The fourth-order valence-electron chi connectivity index (χ4n) is 5.07. The average Bonchev–Trinajstić information content (AvgIpc) is 3.03. The molecule has 2 aliphatic carbocycles. The monoisotopic (exact) mass is 458 g/mol. The van der Waals surface area contributed by atoms with Crippen LogP contribution in [0.3, 0.4) is 0 Å². The highest BCUT2D eigenvalue weighted by molar-refractivity contribution is 6.31. The van der Waals surface area contributed by atoms with Crippen LogP contribution >= 0.6 is 23.2 Å². The number of oxime groups is 1. The Morgan fingerprint density at radius 2 is 1.71 bits per heavy atom. The van der Waals surface area contributed by atoms with Gasteiger partial charge in [0.1, 0.15) is 0 Å². The summed E-state index contributed by atoms with van der Waals surface area (Å²) in [6.07, 6.45) is 1.98. The number of carbonyl (C=O) groups is 2. The average molecular weight is 459 g/mol. The predicted molar refractivity (Wildman–Crippen MR) is 123 cm³/mol. The zero-order chi connectivity index (χ0) is 22.4. The van der Waals surface area contributed by atoms with E-state index in [1.54, 1.807) is 42.5 Å². The van der Waals surface area contributed by atoms with Crippen LogP contribution in [0, 0.1) is 16.2 Å². The molecule has 7 heteroatoms. The van der Waals surface area contributed by atoms with Crippen LogP contribution in [-0.2, 0) is 9.63 Å². The molecule has 1 amide bonds. The first-order valence-corrected chi connectivity index (χ1v) is 11.0. The molecule has 0 saturated heterocycles. The van der Waals surface area contributed by atoms with Crippen molar-refractivity contribution in [3.8, 4) is 0 Å². The van der Waals surface area contributed by atoms with Gasteiger partial charge in [-0.15, -0.1) is 0 Å². The summed E-state index contributed by atoms with van der Waals surface area (Å²) in [5.74, 6) is -0.608. The number of fused-ring (bicyclic) bond motifs is 2. The van der Waals surface area contributed by atoms with Gasteiger partial charge in [0.25, 0.3) is 0 Å². The summed E-state index contributed by atoms with van der Waals surface area (Å²) < 4.78 is 0. The minimum atomic E-state index is -0.643. The molecule has 5 nitrogen and oxygen atoms in total. The summed E-state index contributed by atoms with van der Waals surface area (Å²) in [6, 6.07) is 13.6. The van der Waals surface area contributed by atoms with Gasteiger partial charge in [-0.3, -0.25) is 4.79 Å². The summed E-state index contributed by atoms with van der Waals surface area (Å²) in [4.78, 5) is 31.2. The van der Waals surface area contributed by atoms with Gasteiger partial charge in [-0.05, 0) is 60.7 Å². The van der Waals surface area contributed by atoms with E-state index in [1.807, 2.05) is 6.07 Å². The Labute approximate surface area is 191 Å². The molecule has 2 aromatic carbocycles. The second-order valence-electron chi connectivity index (χ2n) is 9.10. The summed E-state index contributed by atoms with van der Waals surface area (Å²) in [5.41, 5.74) is 0.417. The molecule has 2 fully saturated rings. The maximum Gasteiger partial charge on any atom is 0.365 e. The smallest absolute Gasteiger partial charge is 0.326 e. The molecule has 2 aromatic rings. The highest BCUT2D eigenvalue weighted by atomic mass is 35.5. The van der Waals surface area contributed by atoms with Crippen LogP contribution in [0.15, 0.2) is 53.7 Å². The zero-order valence-corrected chi connectivity index (χ0v) is 19.2. The number of hydrogen-bond acceptors (Lipinski definition) is 4. The molecular formula is C24H24Cl2N2O3.